The van der Waals surface area contributed by atoms with Gasteiger partial charge in [0.05, 0.1) is 11.8 Å². The largest absolute Gasteiger partial charge is 0.344 e. The molecule has 0 atom stereocenters. The average Bonchev–Trinajstić information content (AvgIpc) is 3.14. The van der Waals surface area contributed by atoms with E-state index in [2.05, 4.69) is 15.5 Å². The number of carbonyl (C=O) groups is 1. The number of thioether (sulfide) groups is 2. The molecule has 0 saturated carbocycles. The van der Waals surface area contributed by atoms with Crippen molar-refractivity contribution in [2.45, 2.75) is 14.7 Å². The number of amides is 1. The smallest absolute Gasteiger partial charge is 0.231 e. The summed E-state index contributed by atoms with van der Waals surface area (Å²) < 4.78 is 1.73. The number of aromatic nitrogens is 2. The van der Waals surface area contributed by atoms with E-state index in [1.807, 2.05) is 66.9 Å². The van der Waals surface area contributed by atoms with Crippen molar-refractivity contribution >= 4 is 40.8 Å². The summed E-state index contributed by atoms with van der Waals surface area (Å²) in [5.74, 6) is 0.294. The molecule has 2 aromatic carbocycles. The minimum Gasteiger partial charge on any atom is -0.344 e. The number of rotatable bonds is 7. The zero-order chi connectivity index (χ0) is 17.5. The van der Waals surface area contributed by atoms with Crippen LogP contribution in [0.4, 0.5) is 0 Å². The molecule has 1 aromatic heterocycles. The molecular formula is C18H17N3OS3. The molecule has 0 aliphatic rings. The second-order valence-corrected chi connectivity index (χ2v) is 8.40. The van der Waals surface area contributed by atoms with Gasteiger partial charge in [0.15, 0.2) is 8.68 Å². The van der Waals surface area contributed by atoms with Crippen LogP contribution in [0.1, 0.15) is 17.2 Å². The van der Waals surface area contributed by atoms with E-state index in [0.717, 1.165) is 19.8 Å². The minimum atomic E-state index is -0.160. The number of hydrogen-bond acceptors (Lipinski definition) is 6. The molecule has 0 spiro atoms. The Hall–Kier alpha value is -1.83. The highest BCUT2D eigenvalue weighted by atomic mass is 32.2. The molecule has 4 nitrogen and oxygen atoms in total. The van der Waals surface area contributed by atoms with Crippen molar-refractivity contribution in [3.05, 3.63) is 71.8 Å². The Morgan fingerprint density at radius 1 is 1.00 bits per heavy atom. The van der Waals surface area contributed by atoms with Gasteiger partial charge in [0.2, 0.25) is 5.91 Å². The van der Waals surface area contributed by atoms with Crippen LogP contribution in [0.25, 0.3) is 0 Å². The van der Waals surface area contributed by atoms with Crippen LogP contribution in [0, 0.1) is 0 Å². The summed E-state index contributed by atoms with van der Waals surface area (Å²) in [4.78, 5) is 12.5. The number of nitrogens with zero attached hydrogens (tertiary/aromatic N) is 2. The van der Waals surface area contributed by atoms with E-state index >= 15 is 0 Å². The highest BCUT2D eigenvalue weighted by Gasteiger charge is 2.17. The van der Waals surface area contributed by atoms with Crippen molar-refractivity contribution in [2.24, 2.45) is 0 Å². The van der Waals surface area contributed by atoms with Crippen molar-refractivity contribution in [2.75, 3.05) is 12.0 Å². The Morgan fingerprint density at radius 2 is 1.56 bits per heavy atom. The van der Waals surface area contributed by atoms with Gasteiger partial charge in [-0.1, -0.05) is 95.5 Å². The summed E-state index contributed by atoms with van der Waals surface area (Å²) in [5, 5.41) is 11.3. The van der Waals surface area contributed by atoms with Crippen LogP contribution >= 0.6 is 34.9 Å². The summed E-state index contributed by atoms with van der Waals surface area (Å²) >= 11 is 4.49. The fourth-order valence-electron chi connectivity index (χ4n) is 2.32. The molecule has 3 rings (SSSR count). The van der Waals surface area contributed by atoms with Gasteiger partial charge >= 0.3 is 0 Å². The zero-order valence-corrected chi connectivity index (χ0v) is 16.0. The summed E-state index contributed by atoms with van der Waals surface area (Å²) in [7, 11) is 0. The number of nitrogens with one attached hydrogen (secondary N) is 1. The number of carbonyl (C=O) groups excluding carboxylic acids is 1. The second kappa shape index (κ2) is 9.03. The molecule has 1 amide bonds. The van der Waals surface area contributed by atoms with Gasteiger partial charge in [-0.15, -0.1) is 10.2 Å². The van der Waals surface area contributed by atoms with Crippen LogP contribution in [0.2, 0.25) is 0 Å². The normalized spacial score (nSPS) is 10.8. The van der Waals surface area contributed by atoms with Gasteiger partial charge in [-0.3, -0.25) is 4.79 Å². The van der Waals surface area contributed by atoms with Gasteiger partial charge in [-0.05, 0) is 17.4 Å². The fourth-order valence-corrected chi connectivity index (χ4v) is 4.57. The molecular weight excluding hydrogens is 370 g/mol. The van der Waals surface area contributed by atoms with Gasteiger partial charge in [0, 0.05) is 0 Å². The molecule has 0 aliphatic heterocycles. The molecule has 0 bridgehead atoms. The first-order chi connectivity index (χ1) is 12.3. The van der Waals surface area contributed by atoms with E-state index in [-0.39, 0.29) is 11.9 Å². The summed E-state index contributed by atoms with van der Waals surface area (Å²) in [6.45, 7) is 0. The minimum absolute atomic E-state index is 0.0244. The first-order valence-electron chi connectivity index (χ1n) is 7.66. The highest BCUT2D eigenvalue weighted by molar-refractivity contribution is 8.03. The van der Waals surface area contributed by atoms with Crippen molar-refractivity contribution in [3.63, 3.8) is 0 Å². The average molecular weight is 388 g/mol. The predicted octanol–water partition coefficient (Wildman–Crippen LogP) is 4.26. The Kier molecular flexibility index (Phi) is 6.49. The van der Waals surface area contributed by atoms with Crippen LogP contribution in [0.15, 0.2) is 69.3 Å². The van der Waals surface area contributed by atoms with Crippen LogP contribution in [0.3, 0.4) is 0 Å². The van der Waals surface area contributed by atoms with Crippen molar-refractivity contribution in [1.29, 1.82) is 0 Å². The van der Waals surface area contributed by atoms with Crippen LogP contribution in [-0.2, 0) is 4.79 Å². The van der Waals surface area contributed by atoms with Gasteiger partial charge in [0.25, 0.3) is 0 Å². The lowest BCUT2D eigenvalue weighted by Gasteiger charge is -2.19. The number of benzene rings is 2. The highest BCUT2D eigenvalue weighted by Crippen LogP contribution is 2.27. The molecule has 128 valence electrons. The maximum Gasteiger partial charge on any atom is 0.231 e. The van der Waals surface area contributed by atoms with E-state index in [0.29, 0.717) is 5.75 Å². The Bertz CT molecular complexity index is 769. The monoisotopic (exact) mass is 387 g/mol. The van der Waals surface area contributed by atoms with Gasteiger partial charge in [-0.2, -0.15) is 0 Å². The summed E-state index contributed by atoms with van der Waals surface area (Å²) in [6.07, 6.45) is 1.96. The topological polar surface area (TPSA) is 54.9 Å². The molecule has 3 aromatic rings. The van der Waals surface area contributed by atoms with Crippen LogP contribution < -0.4 is 5.32 Å². The first kappa shape index (κ1) is 18.0. The molecule has 0 fully saturated rings. The standard InChI is InChI=1S/C18H17N3OS3/c1-23-17-20-21-18(25-17)24-12-15(22)19-16(13-8-4-2-5-9-13)14-10-6-3-7-11-14/h2-11,16H,12H2,1H3,(H,19,22). The van der Waals surface area contributed by atoms with Crippen LogP contribution in [0.5, 0.6) is 0 Å². The zero-order valence-electron chi connectivity index (χ0n) is 13.6. The molecule has 7 heteroatoms. The van der Waals surface area contributed by atoms with Gasteiger partial charge in [-0.25, -0.2) is 0 Å². The third-order valence-electron chi connectivity index (χ3n) is 3.46. The van der Waals surface area contributed by atoms with Crippen LogP contribution in [-0.4, -0.2) is 28.1 Å². The van der Waals surface area contributed by atoms with E-state index in [9.17, 15) is 4.79 Å². The Morgan fingerprint density at radius 3 is 2.08 bits per heavy atom. The molecule has 1 heterocycles. The lowest BCUT2D eigenvalue weighted by atomic mass is 9.99. The Labute approximate surface area is 159 Å². The fraction of sp³-hybridized carbons (Fsp3) is 0.167. The number of hydrogen-bond donors (Lipinski definition) is 1. The molecule has 0 aliphatic carbocycles. The lowest BCUT2D eigenvalue weighted by molar-refractivity contribution is -0.119. The molecule has 0 unspecified atom stereocenters. The second-order valence-electron chi connectivity index (χ2n) is 5.15. The van der Waals surface area contributed by atoms with Gasteiger partial charge < -0.3 is 5.32 Å². The first-order valence-corrected chi connectivity index (χ1v) is 10.7. The molecule has 25 heavy (non-hydrogen) atoms. The Balaban J connectivity index is 1.68. The van der Waals surface area contributed by atoms with E-state index in [1.165, 1.54) is 23.1 Å². The molecule has 1 N–H and O–H groups in total. The quantitative estimate of drug-likeness (QED) is 0.614. The van der Waals surface area contributed by atoms with Crippen molar-refractivity contribution < 1.29 is 4.79 Å². The molecule has 0 radical (unpaired) electrons. The molecule has 0 saturated heterocycles. The van der Waals surface area contributed by atoms with E-state index < -0.39 is 0 Å². The van der Waals surface area contributed by atoms with Crippen molar-refractivity contribution in [3.8, 4) is 0 Å². The maximum atomic E-state index is 12.5. The maximum absolute atomic E-state index is 12.5. The third kappa shape index (κ3) is 5.07. The van der Waals surface area contributed by atoms with E-state index in [1.54, 1.807) is 11.8 Å². The third-order valence-corrected chi connectivity index (χ3v) is 6.49. The SMILES string of the molecule is CSc1nnc(SCC(=O)NC(c2ccccc2)c2ccccc2)s1. The lowest BCUT2D eigenvalue weighted by Crippen LogP contribution is -2.30. The predicted molar refractivity (Wildman–Crippen MR) is 105 cm³/mol. The van der Waals surface area contributed by atoms with Gasteiger partial charge in [0.1, 0.15) is 0 Å². The van der Waals surface area contributed by atoms with E-state index in [4.69, 9.17) is 0 Å². The van der Waals surface area contributed by atoms with Crippen molar-refractivity contribution in [1.82, 2.24) is 15.5 Å². The summed E-state index contributed by atoms with van der Waals surface area (Å²) in [6, 6.07) is 19.8. The summed E-state index contributed by atoms with van der Waals surface area (Å²) in [5.41, 5.74) is 2.13.